The summed E-state index contributed by atoms with van der Waals surface area (Å²) in [6.07, 6.45) is -4.76. The van der Waals surface area contributed by atoms with E-state index in [0.717, 1.165) is 6.07 Å². The Balaban J connectivity index is 2.62. The largest absolute Gasteiger partial charge is 0.573 e. The summed E-state index contributed by atoms with van der Waals surface area (Å²) < 4.78 is 45.4. The van der Waals surface area contributed by atoms with Gasteiger partial charge in [-0.05, 0) is 54.9 Å². The molecule has 1 aromatic rings. The molecule has 0 radical (unpaired) electrons. The van der Waals surface area contributed by atoms with Crippen LogP contribution in [0, 0.1) is 0 Å². The normalized spacial score (nSPS) is 12.0. The van der Waals surface area contributed by atoms with Gasteiger partial charge in [0.15, 0.2) is 0 Å². The lowest BCUT2D eigenvalue weighted by molar-refractivity contribution is -0.274. The Morgan fingerprint density at radius 2 is 1.90 bits per heavy atom. The fraction of sp³-hybridized carbons (Fsp3) is 0.462. The van der Waals surface area contributed by atoms with Crippen molar-refractivity contribution in [2.45, 2.75) is 32.7 Å². The molecule has 0 spiro atoms. The number of carbonyl (C=O) groups is 1. The number of benzene rings is 1. The summed E-state index contributed by atoms with van der Waals surface area (Å²) >= 11 is 2.97. The number of rotatable bonds is 4. The molecule has 0 unspecified atom stereocenters. The van der Waals surface area contributed by atoms with Gasteiger partial charge < -0.3 is 14.8 Å². The van der Waals surface area contributed by atoms with E-state index in [1.807, 2.05) is 0 Å². The van der Waals surface area contributed by atoms with Crippen LogP contribution >= 0.6 is 15.9 Å². The van der Waals surface area contributed by atoms with Crippen LogP contribution < -0.4 is 10.1 Å². The van der Waals surface area contributed by atoms with Crippen LogP contribution in [0.5, 0.6) is 5.75 Å². The van der Waals surface area contributed by atoms with Gasteiger partial charge in [-0.2, -0.15) is 0 Å². The summed E-state index contributed by atoms with van der Waals surface area (Å²) in [5, 5.41) is 2.76. The van der Waals surface area contributed by atoms with E-state index in [9.17, 15) is 18.0 Å². The number of alkyl halides is 3. The molecule has 0 fully saturated rings. The Hall–Kier alpha value is -1.44. The molecule has 4 nitrogen and oxygen atoms in total. The van der Waals surface area contributed by atoms with Crippen LogP contribution in [0.1, 0.15) is 20.8 Å². The number of carbonyl (C=O) groups excluding carboxylic acids is 1. The third-order valence-electron chi connectivity index (χ3n) is 2.01. The summed E-state index contributed by atoms with van der Waals surface area (Å²) in [6.45, 7) is 5.13. The molecule has 0 aromatic heterocycles. The van der Waals surface area contributed by atoms with Crippen molar-refractivity contribution in [1.82, 2.24) is 0 Å². The van der Waals surface area contributed by atoms with Gasteiger partial charge in [-0.1, -0.05) is 0 Å². The lowest BCUT2D eigenvalue weighted by Crippen LogP contribution is -2.28. The zero-order valence-electron chi connectivity index (χ0n) is 11.7. The van der Waals surface area contributed by atoms with E-state index in [0.29, 0.717) is 5.69 Å². The summed E-state index contributed by atoms with van der Waals surface area (Å²) in [5.74, 6) is -0.820. The van der Waals surface area contributed by atoms with Gasteiger partial charge in [-0.15, -0.1) is 13.2 Å². The molecular formula is C13H15BrF3NO3. The highest BCUT2D eigenvalue weighted by Crippen LogP contribution is 2.32. The minimum Gasteiger partial charge on any atom is -0.459 e. The van der Waals surface area contributed by atoms with Crippen molar-refractivity contribution < 1.29 is 27.4 Å². The van der Waals surface area contributed by atoms with Crippen LogP contribution in [0.3, 0.4) is 0 Å². The average Bonchev–Trinajstić information content (AvgIpc) is 2.26. The molecule has 8 heteroatoms. The molecule has 0 aliphatic heterocycles. The van der Waals surface area contributed by atoms with Crippen molar-refractivity contribution in [2.24, 2.45) is 0 Å². The minimum atomic E-state index is -4.76. The zero-order chi connectivity index (χ0) is 16.3. The maximum atomic E-state index is 12.1. The van der Waals surface area contributed by atoms with E-state index in [1.54, 1.807) is 20.8 Å². The first kappa shape index (κ1) is 17.6. The molecule has 118 valence electrons. The Labute approximate surface area is 128 Å². The van der Waals surface area contributed by atoms with Gasteiger partial charge in [-0.25, -0.2) is 0 Å². The van der Waals surface area contributed by atoms with Crippen LogP contribution in [0.4, 0.5) is 18.9 Å². The Bertz CT molecular complexity index is 512. The Morgan fingerprint density at radius 1 is 1.29 bits per heavy atom. The van der Waals surface area contributed by atoms with E-state index in [2.05, 4.69) is 26.0 Å². The highest BCUT2D eigenvalue weighted by Gasteiger charge is 2.31. The van der Waals surface area contributed by atoms with E-state index in [4.69, 9.17) is 4.74 Å². The number of halogens is 4. The minimum absolute atomic E-state index is 0.0941. The third-order valence-corrected chi connectivity index (χ3v) is 2.63. The van der Waals surface area contributed by atoms with Gasteiger partial charge in [-0.3, -0.25) is 4.79 Å². The molecule has 0 saturated heterocycles. The fourth-order valence-corrected chi connectivity index (χ4v) is 1.83. The predicted octanol–water partition coefficient (Wildman–Crippen LogP) is 4.10. The molecule has 1 aromatic carbocycles. The quantitative estimate of drug-likeness (QED) is 0.811. The molecule has 0 aliphatic carbocycles. The van der Waals surface area contributed by atoms with Gasteiger partial charge in [0, 0.05) is 5.69 Å². The first-order valence-corrected chi connectivity index (χ1v) is 6.76. The van der Waals surface area contributed by atoms with Crippen LogP contribution in [0.25, 0.3) is 0 Å². The predicted molar refractivity (Wildman–Crippen MR) is 75.2 cm³/mol. The zero-order valence-corrected chi connectivity index (χ0v) is 13.3. The molecule has 0 amide bonds. The van der Waals surface area contributed by atoms with Crippen LogP contribution in [0.2, 0.25) is 0 Å². The number of anilines is 1. The maximum absolute atomic E-state index is 12.1. The lowest BCUT2D eigenvalue weighted by Gasteiger charge is -2.19. The van der Waals surface area contributed by atoms with Gasteiger partial charge >= 0.3 is 12.3 Å². The van der Waals surface area contributed by atoms with Crippen molar-refractivity contribution in [2.75, 3.05) is 11.9 Å². The average molecular weight is 370 g/mol. The first-order chi connectivity index (χ1) is 9.46. The molecule has 0 aliphatic rings. The summed E-state index contributed by atoms with van der Waals surface area (Å²) in [5.41, 5.74) is -0.133. The Morgan fingerprint density at radius 3 is 2.38 bits per heavy atom. The van der Waals surface area contributed by atoms with Crippen molar-refractivity contribution in [3.8, 4) is 5.75 Å². The van der Waals surface area contributed by atoms with E-state index < -0.39 is 17.9 Å². The molecule has 1 N–H and O–H groups in total. The van der Waals surface area contributed by atoms with Gasteiger partial charge in [0.25, 0.3) is 0 Å². The summed E-state index contributed by atoms with van der Waals surface area (Å²) in [7, 11) is 0. The third kappa shape index (κ3) is 7.22. The molecular weight excluding hydrogens is 355 g/mol. The van der Waals surface area contributed by atoms with Crippen molar-refractivity contribution in [1.29, 1.82) is 0 Å². The second-order valence-corrected chi connectivity index (χ2v) is 5.99. The summed E-state index contributed by atoms with van der Waals surface area (Å²) in [6, 6.07) is 3.90. The smallest absolute Gasteiger partial charge is 0.459 e. The SMILES string of the molecule is CC(C)(C)OC(=O)CNc1ccc(OC(F)(F)F)c(Br)c1. The number of hydrogen-bond acceptors (Lipinski definition) is 4. The van der Waals surface area contributed by atoms with Gasteiger partial charge in [0.05, 0.1) is 4.47 Å². The first-order valence-electron chi connectivity index (χ1n) is 5.97. The molecule has 0 bridgehead atoms. The van der Waals surface area contributed by atoms with Crippen molar-refractivity contribution >= 4 is 27.6 Å². The van der Waals surface area contributed by atoms with E-state index in [1.165, 1.54) is 12.1 Å². The topological polar surface area (TPSA) is 47.6 Å². The van der Waals surface area contributed by atoms with Gasteiger partial charge in [0.2, 0.25) is 0 Å². The molecule has 0 atom stereocenters. The fourth-order valence-electron chi connectivity index (χ4n) is 1.37. The summed E-state index contributed by atoms with van der Waals surface area (Å²) in [4.78, 5) is 11.5. The molecule has 1 rings (SSSR count). The standard InChI is InChI=1S/C13H15BrF3NO3/c1-12(2,3)21-11(19)7-18-8-4-5-10(9(14)6-8)20-13(15,16)17/h4-6,18H,7H2,1-3H3. The van der Waals surface area contributed by atoms with Crippen LogP contribution in [0.15, 0.2) is 22.7 Å². The maximum Gasteiger partial charge on any atom is 0.573 e. The monoisotopic (exact) mass is 369 g/mol. The lowest BCUT2D eigenvalue weighted by atomic mass is 10.2. The highest BCUT2D eigenvalue weighted by atomic mass is 79.9. The van der Waals surface area contributed by atoms with Crippen molar-refractivity contribution in [3.63, 3.8) is 0 Å². The number of esters is 1. The molecule has 21 heavy (non-hydrogen) atoms. The van der Waals surface area contributed by atoms with E-state index >= 15 is 0 Å². The van der Waals surface area contributed by atoms with Crippen molar-refractivity contribution in [3.05, 3.63) is 22.7 Å². The number of hydrogen-bond donors (Lipinski definition) is 1. The van der Waals surface area contributed by atoms with Gasteiger partial charge in [0.1, 0.15) is 17.9 Å². The molecule has 0 heterocycles. The highest BCUT2D eigenvalue weighted by molar-refractivity contribution is 9.10. The van der Waals surface area contributed by atoms with E-state index in [-0.39, 0.29) is 16.8 Å². The Kier molecular flexibility index (Phi) is 5.49. The number of ether oxygens (including phenoxy) is 2. The van der Waals surface area contributed by atoms with Crippen LogP contribution in [-0.4, -0.2) is 24.5 Å². The number of nitrogens with one attached hydrogen (secondary N) is 1. The second-order valence-electron chi connectivity index (χ2n) is 5.13. The van der Waals surface area contributed by atoms with Crippen LogP contribution in [-0.2, 0) is 9.53 Å². The molecule has 0 saturated carbocycles. The second kappa shape index (κ2) is 6.55.